The normalized spacial score (nSPS) is 11.6. The van der Waals surface area contributed by atoms with Crippen LogP contribution in [0.2, 0.25) is 0 Å². The van der Waals surface area contributed by atoms with Crippen molar-refractivity contribution in [3.8, 4) is 28.6 Å². The number of aryl methyl sites for hydroxylation is 2. The second-order valence-corrected chi connectivity index (χ2v) is 12.2. The minimum atomic E-state index is -0.269. The first kappa shape index (κ1) is 32.4. The third-order valence-corrected chi connectivity index (χ3v) is 8.47. The van der Waals surface area contributed by atoms with Crippen molar-refractivity contribution in [3.05, 3.63) is 141 Å². The van der Waals surface area contributed by atoms with Gasteiger partial charge in [0, 0.05) is 28.2 Å². The summed E-state index contributed by atoms with van der Waals surface area (Å²) in [5, 5.41) is 5.29. The SMILES string of the molecule is CCOc1cc(C)c(-c2nc3ccccc3c(=O)n2N=Cc2cc(C)n(-c3ccc(OCc4ccc(F)cc4)cc3)c2C)cc1C(C)C. The zero-order chi connectivity index (χ0) is 33.9. The third kappa shape index (κ3) is 6.51. The molecule has 4 aromatic carbocycles. The molecule has 0 fully saturated rings. The highest BCUT2D eigenvalue weighted by atomic mass is 19.1. The molecule has 48 heavy (non-hydrogen) atoms. The van der Waals surface area contributed by atoms with Gasteiger partial charge in [-0.15, -0.1) is 0 Å². The lowest BCUT2D eigenvalue weighted by Gasteiger charge is -2.18. The molecular weight excluding hydrogens is 603 g/mol. The molecular formula is C40H39FN4O3. The van der Waals surface area contributed by atoms with Crippen LogP contribution in [0.4, 0.5) is 4.39 Å². The number of hydrogen-bond acceptors (Lipinski definition) is 5. The van der Waals surface area contributed by atoms with Crippen molar-refractivity contribution in [2.45, 2.75) is 54.1 Å². The monoisotopic (exact) mass is 642 g/mol. The molecule has 6 aromatic rings. The maximum absolute atomic E-state index is 14.0. The van der Waals surface area contributed by atoms with E-state index in [2.05, 4.69) is 30.5 Å². The van der Waals surface area contributed by atoms with Crippen LogP contribution in [0.25, 0.3) is 28.0 Å². The van der Waals surface area contributed by atoms with Crippen molar-refractivity contribution in [2.24, 2.45) is 5.10 Å². The minimum Gasteiger partial charge on any atom is -0.494 e. The Hall–Kier alpha value is -5.50. The molecule has 0 amide bonds. The van der Waals surface area contributed by atoms with Gasteiger partial charge in [-0.05, 0) is 117 Å². The summed E-state index contributed by atoms with van der Waals surface area (Å²) in [6.07, 6.45) is 1.73. The predicted molar refractivity (Wildman–Crippen MR) is 190 cm³/mol. The Morgan fingerprint density at radius 2 is 1.65 bits per heavy atom. The van der Waals surface area contributed by atoms with Gasteiger partial charge < -0.3 is 14.0 Å². The van der Waals surface area contributed by atoms with Crippen LogP contribution in [0.15, 0.2) is 101 Å². The smallest absolute Gasteiger partial charge is 0.282 e. The van der Waals surface area contributed by atoms with E-state index in [4.69, 9.17) is 19.6 Å². The molecule has 0 N–H and O–H groups in total. The Kier molecular flexibility index (Phi) is 9.26. The van der Waals surface area contributed by atoms with E-state index in [9.17, 15) is 9.18 Å². The van der Waals surface area contributed by atoms with E-state index in [0.29, 0.717) is 35.7 Å². The molecule has 0 saturated carbocycles. The molecule has 0 unspecified atom stereocenters. The number of benzene rings is 4. The summed E-state index contributed by atoms with van der Waals surface area (Å²) in [7, 11) is 0. The van der Waals surface area contributed by atoms with Gasteiger partial charge in [-0.3, -0.25) is 4.79 Å². The average Bonchev–Trinajstić information content (AvgIpc) is 3.36. The summed E-state index contributed by atoms with van der Waals surface area (Å²) in [6, 6.07) is 27.6. The number of halogens is 1. The number of rotatable bonds is 10. The fourth-order valence-electron chi connectivity index (χ4n) is 5.95. The Balaban J connectivity index is 1.36. The van der Waals surface area contributed by atoms with Gasteiger partial charge in [0.05, 0.1) is 23.7 Å². The molecule has 8 heteroatoms. The molecule has 0 spiro atoms. The highest BCUT2D eigenvalue weighted by Gasteiger charge is 2.19. The quantitative estimate of drug-likeness (QED) is 0.140. The molecule has 244 valence electrons. The first-order chi connectivity index (χ1) is 23.1. The van der Waals surface area contributed by atoms with Crippen LogP contribution in [-0.2, 0) is 6.61 Å². The third-order valence-electron chi connectivity index (χ3n) is 8.47. The number of ether oxygens (including phenoxy) is 2. The Morgan fingerprint density at radius 3 is 2.35 bits per heavy atom. The van der Waals surface area contributed by atoms with Gasteiger partial charge in [0.15, 0.2) is 5.82 Å². The number of nitrogens with zero attached hydrogens (tertiary/aromatic N) is 4. The molecule has 6 rings (SSSR count). The number of aromatic nitrogens is 3. The van der Waals surface area contributed by atoms with E-state index in [-0.39, 0.29) is 17.3 Å². The maximum Gasteiger partial charge on any atom is 0.282 e. The molecule has 0 aliphatic rings. The molecule has 7 nitrogen and oxygen atoms in total. The van der Waals surface area contributed by atoms with Gasteiger partial charge in [-0.2, -0.15) is 9.78 Å². The van der Waals surface area contributed by atoms with Gasteiger partial charge in [0.25, 0.3) is 5.56 Å². The van der Waals surface area contributed by atoms with E-state index in [1.165, 1.54) is 16.8 Å². The van der Waals surface area contributed by atoms with Crippen molar-refractivity contribution in [3.63, 3.8) is 0 Å². The van der Waals surface area contributed by atoms with Crippen molar-refractivity contribution < 1.29 is 13.9 Å². The van der Waals surface area contributed by atoms with Gasteiger partial charge in [-0.1, -0.05) is 38.1 Å². The summed E-state index contributed by atoms with van der Waals surface area (Å²) < 4.78 is 28.7. The lowest BCUT2D eigenvalue weighted by atomic mass is 9.96. The molecule has 0 radical (unpaired) electrons. The van der Waals surface area contributed by atoms with Crippen LogP contribution < -0.4 is 15.0 Å². The largest absolute Gasteiger partial charge is 0.494 e. The van der Waals surface area contributed by atoms with E-state index in [1.54, 1.807) is 24.4 Å². The summed E-state index contributed by atoms with van der Waals surface area (Å²) in [4.78, 5) is 18.9. The fraction of sp³-hybridized carbons (Fsp3) is 0.225. The van der Waals surface area contributed by atoms with Crippen LogP contribution in [0.5, 0.6) is 11.5 Å². The highest BCUT2D eigenvalue weighted by Crippen LogP contribution is 2.34. The van der Waals surface area contributed by atoms with Crippen LogP contribution in [-0.4, -0.2) is 27.0 Å². The average molecular weight is 643 g/mol. The Bertz CT molecular complexity index is 2180. The molecule has 2 aromatic heterocycles. The molecule has 0 aliphatic heterocycles. The Morgan fingerprint density at radius 1 is 0.917 bits per heavy atom. The van der Waals surface area contributed by atoms with Gasteiger partial charge in [-0.25, -0.2) is 9.37 Å². The van der Waals surface area contributed by atoms with Crippen molar-refractivity contribution in [1.82, 2.24) is 14.2 Å². The standard InChI is InChI=1S/C40H39FN4O3/c1-7-47-38-20-26(4)36(22-35(38)25(2)3)39-43-37-11-9-8-10-34(37)40(46)45(39)42-23-30-21-27(5)44(28(30)6)32-16-18-33(19-17-32)48-24-29-12-14-31(41)15-13-29/h8-23,25H,7,24H2,1-6H3. The first-order valence-electron chi connectivity index (χ1n) is 16.1. The van der Waals surface area contributed by atoms with E-state index >= 15 is 0 Å². The summed E-state index contributed by atoms with van der Waals surface area (Å²) >= 11 is 0. The number of hydrogen-bond donors (Lipinski definition) is 0. The lowest BCUT2D eigenvalue weighted by molar-refractivity contribution is 0.306. The van der Waals surface area contributed by atoms with Crippen LogP contribution in [0.1, 0.15) is 60.3 Å². The van der Waals surface area contributed by atoms with Crippen LogP contribution >= 0.6 is 0 Å². The first-order valence-corrected chi connectivity index (χ1v) is 16.1. The molecule has 0 aliphatic carbocycles. The van der Waals surface area contributed by atoms with Crippen LogP contribution in [0, 0.1) is 26.6 Å². The second kappa shape index (κ2) is 13.7. The zero-order valence-corrected chi connectivity index (χ0v) is 28.1. The van der Waals surface area contributed by atoms with Crippen molar-refractivity contribution in [2.75, 3.05) is 6.61 Å². The van der Waals surface area contributed by atoms with Crippen molar-refractivity contribution >= 4 is 17.1 Å². The molecule has 0 bridgehead atoms. The van der Waals surface area contributed by atoms with E-state index in [1.807, 2.05) is 76.2 Å². The Labute approximate surface area is 279 Å². The maximum atomic E-state index is 14.0. The van der Waals surface area contributed by atoms with Gasteiger partial charge in [0.2, 0.25) is 0 Å². The molecule has 0 atom stereocenters. The zero-order valence-electron chi connectivity index (χ0n) is 28.1. The molecule has 0 saturated heterocycles. The molecule has 2 heterocycles. The topological polar surface area (TPSA) is 70.6 Å². The lowest BCUT2D eigenvalue weighted by Crippen LogP contribution is -2.21. The van der Waals surface area contributed by atoms with Gasteiger partial charge >= 0.3 is 0 Å². The number of fused-ring (bicyclic) bond motifs is 1. The highest BCUT2D eigenvalue weighted by molar-refractivity contribution is 5.84. The van der Waals surface area contributed by atoms with Crippen LogP contribution in [0.3, 0.4) is 0 Å². The van der Waals surface area contributed by atoms with Gasteiger partial charge in [0.1, 0.15) is 23.9 Å². The number of para-hydroxylation sites is 1. The summed E-state index contributed by atoms with van der Waals surface area (Å²) in [6.45, 7) is 13.2. The summed E-state index contributed by atoms with van der Waals surface area (Å²) in [5.74, 6) is 1.97. The minimum absolute atomic E-state index is 0.204. The summed E-state index contributed by atoms with van der Waals surface area (Å²) in [5.41, 5.74) is 7.92. The fourth-order valence-corrected chi connectivity index (χ4v) is 5.95. The van der Waals surface area contributed by atoms with E-state index < -0.39 is 0 Å². The second-order valence-electron chi connectivity index (χ2n) is 12.2. The van der Waals surface area contributed by atoms with E-state index in [0.717, 1.165) is 50.6 Å². The predicted octanol–water partition coefficient (Wildman–Crippen LogP) is 8.90. The van der Waals surface area contributed by atoms with Crippen molar-refractivity contribution in [1.29, 1.82) is 0 Å².